The Balaban J connectivity index is 1.27. The van der Waals surface area contributed by atoms with Crippen LogP contribution in [0.25, 0.3) is 11.3 Å². The van der Waals surface area contributed by atoms with Gasteiger partial charge in [-0.25, -0.2) is 4.98 Å². The Morgan fingerprint density at radius 3 is 2.64 bits per heavy atom. The van der Waals surface area contributed by atoms with Crippen LogP contribution in [0.15, 0.2) is 65.9 Å². The van der Waals surface area contributed by atoms with Crippen LogP contribution in [0.2, 0.25) is 5.02 Å². The van der Waals surface area contributed by atoms with E-state index in [4.69, 9.17) is 21.3 Å². The Hall–Kier alpha value is -3.91. The number of amides is 1. The van der Waals surface area contributed by atoms with E-state index in [9.17, 15) is 4.79 Å². The normalized spacial score (nSPS) is 18.2. The molecule has 0 spiro atoms. The van der Waals surface area contributed by atoms with Crippen LogP contribution in [0.1, 0.15) is 44.4 Å². The zero-order valence-electron chi connectivity index (χ0n) is 20.2. The number of pyridine rings is 2. The molecule has 2 aromatic heterocycles. The molecule has 0 saturated heterocycles. The van der Waals surface area contributed by atoms with Crippen LogP contribution < -0.4 is 20.7 Å². The fourth-order valence-corrected chi connectivity index (χ4v) is 4.59. The Labute approximate surface area is 214 Å². The molecule has 0 aliphatic carbocycles. The average molecular weight is 503 g/mol. The monoisotopic (exact) mass is 502 g/mol. The number of carbonyl (C=O) groups is 1. The minimum Gasteiger partial charge on any atom is -0.451 e. The molecule has 184 valence electrons. The smallest absolute Gasteiger partial charge is 0.250 e. The number of nitrogens with one attached hydrogen (secondary N) is 3. The molecule has 2 atom stereocenters. The first-order chi connectivity index (χ1) is 17.3. The van der Waals surface area contributed by atoms with Crippen molar-refractivity contribution in [1.29, 1.82) is 0 Å². The summed E-state index contributed by atoms with van der Waals surface area (Å²) in [5.74, 6) is 1.45. The second-order valence-corrected chi connectivity index (χ2v) is 9.73. The zero-order chi connectivity index (χ0) is 25.3. The standard InChI is InChI=1S/C27H27ClN6O2/c1-16(35)34-27(2,3)23-9-8-20(15-30-23)36-26-31-22-14-21(28)24(32-25(22)33-26)19-6-4-17(5-7-19)18-10-12-29-13-11-18/h4-10,12-15,18,26,31H,11H2,1-3H3,(H,32,33)(H,34,35). The van der Waals surface area contributed by atoms with E-state index in [2.05, 4.69) is 44.1 Å². The quantitative estimate of drug-likeness (QED) is 0.415. The van der Waals surface area contributed by atoms with Gasteiger partial charge in [-0.2, -0.15) is 0 Å². The summed E-state index contributed by atoms with van der Waals surface area (Å²) < 4.78 is 6.00. The van der Waals surface area contributed by atoms with E-state index in [1.54, 1.807) is 6.20 Å². The largest absolute Gasteiger partial charge is 0.451 e. The number of rotatable bonds is 6. The first-order valence-electron chi connectivity index (χ1n) is 11.7. The molecule has 1 aromatic carbocycles. The zero-order valence-corrected chi connectivity index (χ0v) is 21.0. The molecular weight excluding hydrogens is 476 g/mol. The predicted molar refractivity (Wildman–Crippen MR) is 142 cm³/mol. The van der Waals surface area contributed by atoms with Gasteiger partial charge in [0.2, 0.25) is 12.3 Å². The van der Waals surface area contributed by atoms with Gasteiger partial charge in [-0.1, -0.05) is 41.9 Å². The predicted octanol–water partition coefficient (Wildman–Crippen LogP) is 5.44. The fraction of sp³-hybridized carbons (Fsp3) is 0.259. The summed E-state index contributed by atoms with van der Waals surface area (Å²) in [7, 11) is 0. The molecule has 2 aliphatic rings. The van der Waals surface area contributed by atoms with Gasteiger partial charge in [-0.05, 0) is 44.0 Å². The van der Waals surface area contributed by atoms with Gasteiger partial charge in [-0.15, -0.1) is 0 Å². The lowest BCUT2D eigenvalue weighted by Gasteiger charge is -2.25. The third-order valence-corrected chi connectivity index (χ3v) is 6.42. The molecule has 2 unspecified atom stereocenters. The Morgan fingerprint density at radius 1 is 1.17 bits per heavy atom. The SMILES string of the molecule is CC(=O)NC(C)(C)c1ccc(OC2Nc3cc(Cl)c(-c4ccc(C5C=CN=CC5)cc4)nc3N2)cn1. The van der Waals surface area contributed by atoms with Crippen LogP contribution >= 0.6 is 11.6 Å². The molecule has 0 radical (unpaired) electrons. The van der Waals surface area contributed by atoms with Gasteiger partial charge in [0.05, 0.1) is 33.8 Å². The maximum Gasteiger partial charge on any atom is 0.250 e. The molecular formula is C27H27ClN6O2. The Morgan fingerprint density at radius 2 is 1.97 bits per heavy atom. The van der Waals surface area contributed by atoms with Crippen LogP contribution in [0.5, 0.6) is 5.75 Å². The molecule has 2 aliphatic heterocycles. The number of halogens is 1. The van der Waals surface area contributed by atoms with Crippen LogP contribution in [-0.2, 0) is 10.3 Å². The molecule has 0 saturated carbocycles. The number of hydrogen-bond acceptors (Lipinski definition) is 7. The van der Waals surface area contributed by atoms with Crippen molar-refractivity contribution in [3.63, 3.8) is 0 Å². The summed E-state index contributed by atoms with van der Waals surface area (Å²) in [4.78, 5) is 24.8. The molecule has 0 fully saturated rings. The number of anilines is 2. The van der Waals surface area contributed by atoms with Crippen LogP contribution in [0.3, 0.4) is 0 Å². The van der Waals surface area contributed by atoms with Crippen molar-refractivity contribution in [3.05, 3.63) is 77.2 Å². The second kappa shape index (κ2) is 9.62. The van der Waals surface area contributed by atoms with Crippen LogP contribution in [0, 0.1) is 0 Å². The lowest BCUT2D eigenvalue weighted by molar-refractivity contribution is -0.120. The third kappa shape index (κ3) is 5.04. The Kier molecular flexibility index (Phi) is 6.36. The first kappa shape index (κ1) is 23.8. The summed E-state index contributed by atoms with van der Waals surface area (Å²) >= 11 is 6.60. The average Bonchev–Trinajstić information content (AvgIpc) is 3.24. The third-order valence-electron chi connectivity index (χ3n) is 6.13. The van der Waals surface area contributed by atoms with Crippen molar-refractivity contribution in [2.75, 3.05) is 10.6 Å². The number of aromatic nitrogens is 2. The van der Waals surface area contributed by atoms with E-state index >= 15 is 0 Å². The highest BCUT2D eigenvalue weighted by molar-refractivity contribution is 6.33. The Bertz CT molecular complexity index is 1340. The molecule has 1 amide bonds. The highest BCUT2D eigenvalue weighted by Gasteiger charge is 2.26. The van der Waals surface area contributed by atoms with E-state index < -0.39 is 11.9 Å². The van der Waals surface area contributed by atoms with Crippen molar-refractivity contribution < 1.29 is 9.53 Å². The van der Waals surface area contributed by atoms with Crippen molar-refractivity contribution in [1.82, 2.24) is 15.3 Å². The van der Waals surface area contributed by atoms with Gasteiger partial charge >= 0.3 is 0 Å². The number of allylic oxidation sites excluding steroid dienone is 1. The fourth-order valence-electron chi connectivity index (χ4n) is 4.33. The molecule has 36 heavy (non-hydrogen) atoms. The minimum atomic E-state index is -0.582. The molecule has 9 heteroatoms. The van der Waals surface area contributed by atoms with Gasteiger partial charge in [0.25, 0.3) is 0 Å². The number of aliphatic imine (C=N–C) groups is 1. The number of hydrogen-bond donors (Lipinski definition) is 3. The number of ether oxygens (including phenoxy) is 1. The van der Waals surface area contributed by atoms with Gasteiger partial charge < -0.3 is 20.7 Å². The molecule has 8 nitrogen and oxygen atoms in total. The van der Waals surface area contributed by atoms with Gasteiger partial charge in [0.1, 0.15) is 5.75 Å². The molecule has 5 rings (SSSR count). The van der Waals surface area contributed by atoms with Crippen LogP contribution in [-0.4, -0.2) is 28.4 Å². The topological polar surface area (TPSA) is 101 Å². The summed E-state index contributed by atoms with van der Waals surface area (Å²) in [6.07, 6.45) is 7.89. The lowest BCUT2D eigenvalue weighted by atomic mass is 9.94. The van der Waals surface area contributed by atoms with Gasteiger partial charge in [0, 0.05) is 30.8 Å². The molecule has 4 heterocycles. The summed E-state index contributed by atoms with van der Waals surface area (Å²) in [5, 5.41) is 9.92. The van der Waals surface area contributed by atoms with Crippen molar-refractivity contribution >= 4 is 35.2 Å². The van der Waals surface area contributed by atoms with E-state index in [0.717, 1.165) is 23.4 Å². The van der Waals surface area contributed by atoms with Crippen LogP contribution in [0.4, 0.5) is 11.5 Å². The van der Waals surface area contributed by atoms with Crippen molar-refractivity contribution in [2.24, 2.45) is 4.99 Å². The van der Waals surface area contributed by atoms with Crippen molar-refractivity contribution in [3.8, 4) is 17.0 Å². The summed E-state index contributed by atoms with van der Waals surface area (Å²) in [5.41, 5.74) is 3.77. The van der Waals surface area contributed by atoms with Crippen molar-refractivity contribution in [2.45, 2.75) is 45.0 Å². The highest BCUT2D eigenvalue weighted by Crippen LogP contribution is 2.37. The summed E-state index contributed by atoms with van der Waals surface area (Å²) in [6.45, 7) is 5.28. The van der Waals surface area contributed by atoms with Gasteiger partial charge in [0.15, 0.2) is 5.82 Å². The first-order valence-corrected chi connectivity index (χ1v) is 12.1. The van der Waals surface area contributed by atoms with E-state index in [0.29, 0.717) is 28.2 Å². The molecule has 3 N–H and O–H groups in total. The minimum absolute atomic E-state index is 0.114. The van der Waals surface area contributed by atoms with Gasteiger partial charge in [-0.3, -0.25) is 14.8 Å². The second-order valence-electron chi connectivity index (χ2n) is 9.32. The number of benzene rings is 1. The number of nitrogens with zero attached hydrogens (tertiary/aromatic N) is 3. The number of carbonyl (C=O) groups excluding carboxylic acids is 1. The lowest BCUT2D eigenvalue weighted by Crippen LogP contribution is -2.40. The van der Waals surface area contributed by atoms with E-state index in [1.807, 2.05) is 56.6 Å². The van der Waals surface area contributed by atoms with E-state index in [-0.39, 0.29) is 5.91 Å². The number of fused-ring (bicyclic) bond motifs is 1. The maximum atomic E-state index is 11.5. The van der Waals surface area contributed by atoms with E-state index in [1.165, 1.54) is 12.5 Å². The molecule has 0 bridgehead atoms. The summed E-state index contributed by atoms with van der Waals surface area (Å²) in [6, 6.07) is 13.8. The highest BCUT2D eigenvalue weighted by atomic mass is 35.5. The maximum absolute atomic E-state index is 11.5. The molecule has 3 aromatic rings.